The van der Waals surface area contributed by atoms with E-state index in [9.17, 15) is 14.9 Å². The van der Waals surface area contributed by atoms with Crippen LogP contribution in [0.1, 0.15) is 42.5 Å². The first-order valence-electron chi connectivity index (χ1n) is 9.34. The first-order valence-corrected chi connectivity index (χ1v) is 9.34. The second-order valence-electron chi connectivity index (χ2n) is 7.33. The minimum absolute atomic E-state index is 0.0328. The Morgan fingerprint density at radius 1 is 1.08 bits per heavy atom. The summed E-state index contributed by atoms with van der Waals surface area (Å²) in [7, 11) is 0. The highest BCUT2D eigenvalue weighted by Gasteiger charge is 2.31. The molecule has 0 radical (unpaired) electrons. The fraction of sp³-hybridized carbons (Fsp3) is 0.450. The molecular formula is C20H23N3O3. The van der Waals surface area contributed by atoms with Crippen molar-refractivity contribution in [1.82, 2.24) is 10.2 Å². The predicted molar refractivity (Wildman–Crippen MR) is 100 cm³/mol. The second kappa shape index (κ2) is 7.03. The Morgan fingerprint density at radius 3 is 2.54 bits per heavy atom. The molecule has 1 atom stereocenters. The van der Waals surface area contributed by atoms with Gasteiger partial charge in [0.2, 0.25) is 0 Å². The summed E-state index contributed by atoms with van der Waals surface area (Å²) in [6, 6.07) is 10.9. The first-order chi connectivity index (χ1) is 12.6. The number of benzene rings is 2. The predicted octanol–water partition coefficient (Wildman–Crippen LogP) is 3.49. The number of non-ortho nitro benzene ring substituents is 1. The van der Waals surface area contributed by atoms with Crippen LogP contribution in [-0.4, -0.2) is 40.9 Å². The zero-order valence-corrected chi connectivity index (χ0v) is 14.7. The summed E-state index contributed by atoms with van der Waals surface area (Å²) in [5.74, 6) is -0.144. The summed E-state index contributed by atoms with van der Waals surface area (Å²) in [6.07, 6.45) is 6.13. The van der Waals surface area contributed by atoms with Gasteiger partial charge in [0, 0.05) is 42.2 Å². The maximum atomic E-state index is 12.8. The quantitative estimate of drug-likeness (QED) is 0.674. The van der Waals surface area contributed by atoms with Crippen LogP contribution in [-0.2, 0) is 0 Å². The third-order valence-electron chi connectivity index (χ3n) is 5.74. The van der Waals surface area contributed by atoms with Gasteiger partial charge in [-0.15, -0.1) is 0 Å². The van der Waals surface area contributed by atoms with Crippen molar-refractivity contribution in [3.63, 3.8) is 0 Å². The molecule has 1 N–H and O–H groups in total. The lowest BCUT2D eigenvalue weighted by molar-refractivity contribution is -0.383. The van der Waals surface area contributed by atoms with Gasteiger partial charge >= 0.3 is 0 Å². The Balaban J connectivity index is 1.52. The molecule has 1 aliphatic heterocycles. The number of nitro groups is 1. The number of carbonyl (C=O) groups is 1. The fourth-order valence-corrected chi connectivity index (χ4v) is 4.41. The molecule has 1 saturated heterocycles. The van der Waals surface area contributed by atoms with E-state index in [0.717, 1.165) is 19.5 Å². The van der Waals surface area contributed by atoms with Crippen molar-refractivity contribution in [2.24, 2.45) is 0 Å². The largest absolute Gasteiger partial charge is 0.348 e. The molecule has 1 aliphatic carbocycles. The summed E-state index contributed by atoms with van der Waals surface area (Å²) < 4.78 is 0. The molecule has 0 aromatic heterocycles. The van der Waals surface area contributed by atoms with E-state index in [2.05, 4.69) is 10.2 Å². The molecule has 1 unspecified atom stereocenters. The van der Waals surface area contributed by atoms with E-state index in [0.29, 0.717) is 22.4 Å². The summed E-state index contributed by atoms with van der Waals surface area (Å²) >= 11 is 0. The van der Waals surface area contributed by atoms with E-state index in [-0.39, 0.29) is 17.6 Å². The molecule has 2 aromatic carbocycles. The highest BCUT2D eigenvalue weighted by molar-refractivity contribution is 6.09. The maximum Gasteiger partial charge on any atom is 0.277 e. The van der Waals surface area contributed by atoms with Crippen molar-refractivity contribution < 1.29 is 9.72 Å². The van der Waals surface area contributed by atoms with Gasteiger partial charge in [-0.2, -0.15) is 0 Å². The van der Waals surface area contributed by atoms with Crippen LogP contribution in [0.2, 0.25) is 0 Å². The minimum Gasteiger partial charge on any atom is -0.348 e. The summed E-state index contributed by atoms with van der Waals surface area (Å²) in [5.41, 5.74) is 0.538. The van der Waals surface area contributed by atoms with Gasteiger partial charge in [-0.1, -0.05) is 31.0 Å². The van der Waals surface area contributed by atoms with E-state index in [1.165, 1.54) is 31.7 Å². The second-order valence-corrected chi connectivity index (χ2v) is 7.33. The van der Waals surface area contributed by atoms with Gasteiger partial charge in [0.25, 0.3) is 11.6 Å². The third-order valence-corrected chi connectivity index (χ3v) is 5.74. The molecular weight excluding hydrogens is 330 g/mol. The van der Waals surface area contributed by atoms with Crippen molar-refractivity contribution in [2.45, 2.75) is 44.2 Å². The molecule has 6 heteroatoms. The summed E-state index contributed by atoms with van der Waals surface area (Å²) in [6.45, 7) is 1.94. The minimum atomic E-state index is -0.402. The summed E-state index contributed by atoms with van der Waals surface area (Å²) in [5, 5.41) is 15.5. The lowest BCUT2D eigenvalue weighted by Crippen LogP contribution is -2.39. The van der Waals surface area contributed by atoms with E-state index in [1.54, 1.807) is 30.3 Å². The number of likely N-dealkylation sites (tertiary alicyclic amines) is 1. The Morgan fingerprint density at radius 2 is 1.81 bits per heavy atom. The number of nitrogens with one attached hydrogen (secondary N) is 1. The monoisotopic (exact) mass is 353 g/mol. The van der Waals surface area contributed by atoms with E-state index in [4.69, 9.17) is 0 Å². The van der Waals surface area contributed by atoms with Crippen molar-refractivity contribution in [3.05, 3.63) is 52.1 Å². The van der Waals surface area contributed by atoms with Crippen molar-refractivity contribution >= 4 is 22.4 Å². The smallest absolute Gasteiger partial charge is 0.277 e. The molecule has 1 heterocycles. The van der Waals surface area contributed by atoms with Crippen LogP contribution in [0, 0.1) is 10.1 Å². The third kappa shape index (κ3) is 3.17. The highest BCUT2D eigenvalue weighted by atomic mass is 16.6. The number of nitrogens with zero attached hydrogens (tertiary/aromatic N) is 2. The highest BCUT2D eigenvalue weighted by Crippen LogP contribution is 2.29. The lowest BCUT2D eigenvalue weighted by atomic mass is 10.0. The van der Waals surface area contributed by atoms with Gasteiger partial charge in [-0.3, -0.25) is 19.8 Å². The number of rotatable bonds is 4. The van der Waals surface area contributed by atoms with Gasteiger partial charge < -0.3 is 5.32 Å². The summed E-state index contributed by atoms with van der Waals surface area (Å²) in [4.78, 5) is 26.2. The topological polar surface area (TPSA) is 75.5 Å². The SMILES string of the molecule is O=C(NC1CCN(C2CCCC2)C1)c1ccc([N+](=O)[O-])c2ccccc12. The Kier molecular flexibility index (Phi) is 4.59. The molecule has 26 heavy (non-hydrogen) atoms. The molecule has 0 spiro atoms. The average molecular weight is 353 g/mol. The van der Waals surface area contributed by atoms with Gasteiger partial charge in [0.15, 0.2) is 0 Å². The first kappa shape index (κ1) is 17.0. The Labute approximate surface area is 152 Å². The van der Waals surface area contributed by atoms with E-state index in [1.807, 2.05) is 0 Å². The fourth-order valence-electron chi connectivity index (χ4n) is 4.41. The molecule has 2 aromatic rings. The lowest BCUT2D eigenvalue weighted by Gasteiger charge is -2.23. The Bertz CT molecular complexity index is 845. The number of amides is 1. The molecule has 4 rings (SSSR count). The van der Waals surface area contributed by atoms with Crippen LogP contribution in [0.15, 0.2) is 36.4 Å². The number of nitro benzene ring substituents is 1. The average Bonchev–Trinajstić information content (AvgIpc) is 3.32. The van der Waals surface area contributed by atoms with Crippen LogP contribution in [0.5, 0.6) is 0 Å². The molecule has 1 saturated carbocycles. The molecule has 2 fully saturated rings. The van der Waals surface area contributed by atoms with Crippen LogP contribution in [0.3, 0.4) is 0 Å². The number of hydrogen-bond acceptors (Lipinski definition) is 4. The molecule has 0 bridgehead atoms. The zero-order valence-electron chi connectivity index (χ0n) is 14.7. The number of fused-ring (bicyclic) bond motifs is 1. The van der Waals surface area contributed by atoms with Crippen LogP contribution < -0.4 is 5.32 Å². The zero-order chi connectivity index (χ0) is 18.1. The normalized spacial score (nSPS) is 21.3. The number of hydrogen-bond donors (Lipinski definition) is 1. The van der Waals surface area contributed by atoms with Crippen LogP contribution in [0.25, 0.3) is 10.8 Å². The van der Waals surface area contributed by atoms with Crippen LogP contribution in [0.4, 0.5) is 5.69 Å². The van der Waals surface area contributed by atoms with Crippen LogP contribution >= 0.6 is 0 Å². The van der Waals surface area contributed by atoms with Gasteiger partial charge in [-0.05, 0) is 31.4 Å². The van der Waals surface area contributed by atoms with Gasteiger partial charge in [-0.25, -0.2) is 0 Å². The van der Waals surface area contributed by atoms with E-state index >= 15 is 0 Å². The maximum absolute atomic E-state index is 12.8. The molecule has 136 valence electrons. The van der Waals surface area contributed by atoms with Crippen molar-refractivity contribution in [3.8, 4) is 0 Å². The standard InChI is InChI=1S/C20H23N3O3/c24-20(21-14-11-12-22(13-14)15-5-1-2-6-15)18-9-10-19(23(25)26)17-8-4-3-7-16(17)18/h3-4,7-10,14-15H,1-2,5-6,11-13H2,(H,21,24). The Hall–Kier alpha value is -2.47. The van der Waals surface area contributed by atoms with Gasteiger partial charge in [0.05, 0.1) is 10.3 Å². The molecule has 6 nitrogen and oxygen atoms in total. The van der Waals surface area contributed by atoms with Crippen molar-refractivity contribution in [2.75, 3.05) is 13.1 Å². The number of carbonyl (C=O) groups excluding carboxylic acids is 1. The molecule has 1 amide bonds. The van der Waals surface area contributed by atoms with Gasteiger partial charge in [0.1, 0.15) is 0 Å². The van der Waals surface area contributed by atoms with Crippen molar-refractivity contribution in [1.29, 1.82) is 0 Å². The molecule has 2 aliphatic rings. The van der Waals surface area contributed by atoms with E-state index < -0.39 is 4.92 Å².